The van der Waals surface area contributed by atoms with Crippen LogP contribution in [-0.2, 0) is 19.4 Å². The molecule has 1 saturated heterocycles. The molecular formula is C22H26N4O2S2. The van der Waals surface area contributed by atoms with Crippen LogP contribution in [0.15, 0.2) is 10.9 Å². The van der Waals surface area contributed by atoms with E-state index in [9.17, 15) is 9.59 Å². The number of nitrogens with one attached hydrogen (secondary N) is 1. The Balaban J connectivity index is 1.27. The fraction of sp³-hybridized carbons (Fsp3) is 0.500. The molecule has 3 aromatic heterocycles. The lowest BCUT2D eigenvalue weighted by Gasteiger charge is -2.34. The van der Waals surface area contributed by atoms with Gasteiger partial charge in [-0.1, -0.05) is 0 Å². The van der Waals surface area contributed by atoms with Gasteiger partial charge in [-0.2, -0.15) is 0 Å². The van der Waals surface area contributed by atoms with Crippen molar-refractivity contribution < 1.29 is 4.79 Å². The standard InChI is InChI=1S/C22H26N4O2S2/c1-13-11-17(29-14(13)2)22(28)26-9-7-25(8-10-26)12-18-23-20(27)19-15-5-3-4-6-16(15)30-21(19)24-18/h11H,3-10,12H2,1-2H3,(H,23,24,27). The molecule has 0 aromatic carbocycles. The van der Waals surface area contributed by atoms with Crippen molar-refractivity contribution in [3.63, 3.8) is 0 Å². The van der Waals surface area contributed by atoms with E-state index in [0.29, 0.717) is 19.6 Å². The van der Waals surface area contributed by atoms with Gasteiger partial charge in [0.2, 0.25) is 0 Å². The van der Waals surface area contributed by atoms with Crippen molar-refractivity contribution in [2.45, 2.75) is 46.1 Å². The molecule has 1 N–H and O–H groups in total. The molecule has 0 saturated carbocycles. The first kappa shape index (κ1) is 19.9. The van der Waals surface area contributed by atoms with Gasteiger partial charge in [0.25, 0.3) is 11.5 Å². The third-order valence-electron chi connectivity index (χ3n) is 6.28. The number of hydrogen-bond acceptors (Lipinski definition) is 6. The van der Waals surface area contributed by atoms with E-state index in [1.54, 1.807) is 22.7 Å². The first-order chi connectivity index (χ1) is 14.5. The monoisotopic (exact) mass is 442 g/mol. The minimum absolute atomic E-state index is 0.00616. The van der Waals surface area contributed by atoms with Crippen molar-refractivity contribution in [2.75, 3.05) is 26.2 Å². The summed E-state index contributed by atoms with van der Waals surface area (Å²) in [6.45, 7) is 7.71. The lowest BCUT2D eigenvalue weighted by Crippen LogP contribution is -2.48. The van der Waals surface area contributed by atoms with Crippen molar-refractivity contribution >= 4 is 38.8 Å². The van der Waals surface area contributed by atoms with Gasteiger partial charge < -0.3 is 9.88 Å². The van der Waals surface area contributed by atoms with Crippen LogP contribution >= 0.6 is 22.7 Å². The van der Waals surface area contributed by atoms with Crippen LogP contribution < -0.4 is 5.56 Å². The summed E-state index contributed by atoms with van der Waals surface area (Å²) in [4.78, 5) is 41.8. The number of carbonyl (C=O) groups is 1. The van der Waals surface area contributed by atoms with Gasteiger partial charge in [-0.3, -0.25) is 14.5 Å². The summed E-state index contributed by atoms with van der Waals surface area (Å²) >= 11 is 3.27. The van der Waals surface area contributed by atoms with E-state index < -0.39 is 0 Å². The summed E-state index contributed by atoms with van der Waals surface area (Å²) in [5.41, 5.74) is 2.42. The first-order valence-electron chi connectivity index (χ1n) is 10.6. The Bertz CT molecular complexity index is 1150. The molecule has 158 valence electrons. The van der Waals surface area contributed by atoms with Crippen LogP contribution in [0.2, 0.25) is 0 Å². The van der Waals surface area contributed by atoms with Gasteiger partial charge in [0.15, 0.2) is 0 Å². The van der Waals surface area contributed by atoms with E-state index >= 15 is 0 Å². The summed E-state index contributed by atoms with van der Waals surface area (Å²) in [7, 11) is 0. The fourth-order valence-corrected chi connectivity index (χ4v) is 6.72. The Morgan fingerprint density at radius 2 is 1.90 bits per heavy atom. The smallest absolute Gasteiger partial charge is 0.264 e. The zero-order chi connectivity index (χ0) is 20.8. The number of H-pyrrole nitrogens is 1. The highest BCUT2D eigenvalue weighted by atomic mass is 32.1. The number of fused-ring (bicyclic) bond motifs is 3. The van der Waals surface area contributed by atoms with Crippen LogP contribution in [0.1, 0.15) is 49.2 Å². The minimum atomic E-state index is 0.00616. The van der Waals surface area contributed by atoms with Crippen LogP contribution in [0, 0.1) is 13.8 Å². The van der Waals surface area contributed by atoms with Gasteiger partial charge in [-0.15, -0.1) is 22.7 Å². The Morgan fingerprint density at radius 3 is 2.63 bits per heavy atom. The van der Waals surface area contributed by atoms with Crippen molar-refractivity contribution in [1.82, 2.24) is 19.8 Å². The molecule has 4 heterocycles. The maximum Gasteiger partial charge on any atom is 0.264 e. The number of nitrogens with zero attached hydrogens (tertiary/aromatic N) is 3. The number of hydrogen-bond donors (Lipinski definition) is 1. The number of rotatable bonds is 3. The zero-order valence-electron chi connectivity index (χ0n) is 17.4. The summed E-state index contributed by atoms with van der Waals surface area (Å²) in [5.74, 6) is 0.864. The highest BCUT2D eigenvalue weighted by molar-refractivity contribution is 7.18. The van der Waals surface area contributed by atoms with Crippen LogP contribution in [-0.4, -0.2) is 51.9 Å². The second kappa shape index (κ2) is 7.90. The van der Waals surface area contributed by atoms with E-state index in [1.165, 1.54) is 27.3 Å². The Labute approximate surface area is 183 Å². The second-order valence-corrected chi connectivity index (χ2v) is 10.7. The van der Waals surface area contributed by atoms with E-state index in [4.69, 9.17) is 4.98 Å². The number of aryl methyl sites for hydroxylation is 4. The Hall–Kier alpha value is -2.03. The molecule has 1 fully saturated rings. The van der Waals surface area contributed by atoms with Crippen molar-refractivity contribution in [3.05, 3.63) is 48.0 Å². The number of aromatic nitrogens is 2. The molecule has 0 spiro atoms. The molecule has 0 radical (unpaired) electrons. The van der Waals surface area contributed by atoms with Gasteiger partial charge in [0.1, 0.15) is 10.7 Å². The van der Waals surface area contributed by atoms with Gasteiger partial charge >= 0.3 is 0 Å². The average molecular weight is 443 g/mol. The number of aromatic amines is 1. The predicted molar refractivity (Wildman–Crippen MR) is 122 cm³/mol. The molecule has 2 aliphatic rings. The SMILES string of the molecule is Cc1cc(C(=O)N2CCN(Cc3nc4sc5c(c4c(=O)[nH]3)CCCC5)CC2)sc1C. The van der Waals surface area contributed by atoms with Crippen LogP contribution in [0.25, 0.3) is 10.2 Å². The van der Waals surface area contributed by atoms with Gasteiger partial charge in [-0.25, -0.2) is 4.98 Å². The predicted octanol–water partition coefficient (Wildman–Crippen LogP) is 3.50. The highest BCUT2D eigenvalue weighted by Crippen LogP contribution is 2.33. The summed E-state index contributed by atoms with van der Waals surface area (Å²) < 4.78 is 0. The number of amides is 1. The lowest BCUT2D eigenvalue weighted by atomic mass is 9.97. The first-order valence-corrected chi connectivity index (χ1v) is 12.2. The fourth-order valence-electron chi connectivity index (χ4n) is 4.44. The third kappa shape index (κ3) is 3.61. The molecule has 8 heteroatoms. The maximum absolute atomic E-state index is 12.8. The summed E-state index contributed by atoms with van der Waals surface area (Å²) in [6.07, 6.45) is 4.44. The normalized spacial score (nSPS) is 17.5. The van der Waals surface area contributed by atoms with Crippen molar-refractivity contribution in [1.29, 1.82) is 0 Å². The Kier molecular flexibility index (Phi) is 5.24. The molecule has 0 atom stereocenters. The summed E-state index contributed by atoms with van der Waals surface area (Å²) in [6, 6.07) is 2.00. The highest BCUT2D eigenvalue weighted by Gasteiger charge is 2.25. The van der Waals surface area contributed by atoms with Crippen LogP contribution in [0.5, 0.6) is 0 Å². The lowest BCUT2D eigenvalue weighted by molar-refractivity contribution is 0.0630. The van der Waals surface area contributed by atoms with Gasteiger partial charge in [0.05, 0.1) is 16.8 Å². The molecule has 30 heavy (non-hydrogen) atoms. The summed E-state index contributed by atoms with van der Waals surface area (Å²) in [5, 5.41) is 0.815. The van der Waals surface area contributed by atoms with Gasteiger partial charge in [0, 0.05) is 35.9 Å². The topological polar surface area (TPSA) is 69.3 Å². The van der Waals surface area contributed by atoms with E-state index in [-0.39, 0.29) is 11.5 Å². The number of thiophene rings is 2. The van der Waals surface area contributed by atoms with Crippen LogP contribution in [0.4, 0.5) is 0 Å². The molecular weight excluding hydrogens is 416 g/mol. The largest absolute Gasteiger partial charge is 0.335 e. The molecule has 0 bridgehead atoms. The number of piperazine rings is 1. The molecule has 6 nitrogen and oxygen atoms in total. The van der Waals surface area contributed by atoms with Crippen molar-refractivity contribution in [3.8, 4) is 0 Å². The van der Waals surface area contributed by atoms with Crippen molar-refractivity contribution in [2.24, 2.45) is 0 Å². The molecule has 1 amide bonds. The molecule has 1 aliphatic heterocycles. The van der Waals surface area contributed by atoms with E-state index in [0.717, 1.165) is 53.3 Å². The molecule has 1 aliphatic carbocycles. The third-order valence-corrected chi connectivity index (χ3v) is 8.61. The molecule has 5 rings (SSSR count). The zero-order valence-corrected chi connectivity index (χ0v) is 19.0. The van der Waals surface area contributed by atoms with Gasteiger partial charge in [-0.05, 0) is 56.7 Å². The maximum atomic E-state index is 12.8. The quantitative estimate of drug-likeness (QED) is 0.674. The average Bonchev–Trinajstić information content (AvgIpc) is 3.28. The van der Waals surface area contributed by atoms with E-state index in [2.05, 4.69) is 23.7 Å². The molecule has 0 unspecified atom stereocenters. The molecule has 3 aromatic rings. The number of carbonyl (C=O) groups excluding carboxylic acids is 1. The minimum Gasteiger partial charge on any atom is -0.335 e. The van der Waals surface area contributed by atoms with Crippen LogP contribution in [0.3, 0.4) is 0 Å². The Morgan fingerprint density at radius 1 is 1.13 bits per heavy atom. The van der Waals surface area contributed by atoms with E-state index in [1.807, 2.05) is 11.0 Å². The second-order valence-electron chi connectivity index (χ2n) is 8.32.